The Balaban J connectivity index is 1.55. The van der Waals surface area contributed by atoms with Crippen LogP contribution in [-0.4, -0.2) is 47.5 Å². The van der Waals surface area contributed by atoms with Gasteiger partial charge in [-0.05, 0) is 43.7 Å². The number of halogens is 2. The summed E-state index contributed by atoms with van der Waals surface area (Å²) in [6, 6.07) is 12.5. The molecule has 2 aromatic carbocycles. The zero-order chi connectivity index (χ0) is 19.4. The maximum Gasteiger partial charge on any atom is 0.260 e. The molecule has 2 atom stereocenters. The minimum Gasteiger partial charge on any atom is -0.484 e. The fraction of sp³-hybridized carbons (Fsp3) is 0.381. The number of hydrogen-bond donors (Lipinski definition) is 0. The van der Waals surface area contributed by atoms with Crippen LogP contribution < -0.4 is 4.74 Å². The van der Waals surface area contributed by atoms with Crippen molar-refractivity contribution in [3.8, 4) is 5.75 Å². The van der Waals surface area contributed by atoms with E-state index in [9.17, 15) is 13.6 Å². The molecule has 3 rings (SSSR count). The van der Waals surface area contributed by atoms with Gasteiger partial charge < -0.3 is 9.64 Å². The van der Waals surface area contributed by atoms with Crippen LogP contribution in [0.25, 0.3) is 0 Å². The Bertz CT molecular complexity index is 782. The Morgan fingerprint density at radius 2 is 1.78 bits per heavy atom. The van der Waals surface area contributed by atoms with Gasteiger partial charge in [0, 0.05) is 37.8 Å². The van der Waals surface area contributed by atoms with Gasteiger partial charge in [-0.3, -0.25) is 9.69 Å². The lowest BCUT2D eigenvalue weighted by Crippen LogP contribution is -2.58. The van der Waals surface area contributed by atoms with Crippen LogP contribution >= 0.6 is 0 Å². The highest BCUT2D eigenvalue weighted by Gasteiger charge is 2.32. The first-order valence-corrected chi connectivity index (χ1v) is 9.08. The maximum absolute atomic E-state index is 13.2. The number of carbonyl (C=O) groups is 1. The molecule has 0 saturated carbocycles. The number of piperazine rings is 1. The molecule has 27 heavy (non-hydrogen) atoms. The third kappa shape index (κ3) is 5.04. The van der Waals surface area contributed by atoms with Gasteiger partial charge >= 0.3 is 0 Å². The molecule has 2 unspecified atom stereocenters. The second kappa shape index (κ2) is 8.48. The summed E-state index contributed by atoms with van der Waals surface area (Å²) in [7, 11) is 0. The molecule has 4 nitrogen and oxygen atoms in total. The first-order valence-electron chi connectivity index (χ1n) is 9.08. The average molecular weight is 374 g/mol. The maximum atomic E-state index is 13.2. The number of ether oxygens (including phenoxy) is 1. The van der Waals surface area contributed by atoms with Gasteiger partial charge in [0.1, 0.15) is 17.4 Å². The van der Waals surface area contributed by atoms with Gasteiger partial charge in [0.25, 0.3) is 5.91 Å². The number of hydrogen-bond acceptors (Lipinski definition) is 3. The zero-order valence-electron chi connectivity index (χ0n) is 15.6. The molecule has 1 saturated heterocycles. The van der Waals surface area contributed by atoms with Crippen molar-refractivity contribution >= 4 is 5.91 Å². The summed E-state index contributed by atoms with van der Waals surface area (Å²) < 4.78 is 31.7. The van der Waals surface area contributed by atoms with E-state index in [0.717, 1.165) is 12.1 Å². The third-order valence-corrected chi connectivity index (χ3v) is 4.89. The van der Waals surface area contributed by atoms with Crippen molar-refractivity contribution in [2.45, 2.75) is 32.5 Å². The molecule has 1 fully saturated rings. The van der Waals surface area contributed by atoms with E-state index in [1.54, 1.807) is 24.3 Å². The highest BCUT2D eigenvalue weighted by molar-refractivity contribution is 5.78. The van der Waals surface area contributed by atoms with Crippen molar-refractivity contribution in [2.75, 3.05) is 19.7 Å². The molecule has 0 bridgehead atoms. The van der Waals surface area contributed by atoms with Crippen LogP contribution in [0, 0.1) is 11.6 Å². The number of nitrogens with zero attached hydrogens (tertiary/aromatic N) is 2. The monoisotopic (exact) mass is 374 g/mol. The van der Waals surface area contributed by atoms with E-state index >= 15 is 0 Å². The minimum absolute atomic E-state index is 0.0326. The van der Waals surface area contributed by atoms with E-state index in [-0.39, 0.29) is 30.4 Å². The highest BCUT2D eigenvalue weighted by Crippen LogP contribution is 2.19. The van der Waals surface area contributed by atoms with Crippen molar-refractivity contribution in [1.82, 2.24) is 9.80 Å². The summed E-state index contributed by atoms with van der Waals surface area (Å²) in [6.07, 6.45) is 0. The normalized spacial score (nSPS) is 20.5. The average Bonchev–Trinajstić information content (AvgIpc) is 2.64. The predicted octanol–water partition coefficient (Wildman–Crippen LogP) is 3.47. The molecule has 1 heterocycles. The Labute approximate surface area is 158 Å². The largest absolute Gasteiger partial charge is 0.484 e. The Morgan fingerprint density at radius 1 is 1.04 bits per heavy atom. The van der Waals surface area contributed by atoms with Crippen molar-refractivity contribution in [1.29, 1.82) is 0 Å². The van der Waals surface area contributed by atoms with Crippen LogP contribution in [0.2, 0.25) is 0 Å². The topological polar surface area (TPSA) is 32.8 Å². The van der Waals surface area contributed by atoms with E-state index in [0.29, 0.717) is 18.8 Å². The number of rotatable bonds is 5. The molecule has 0 radical (unpaired) electrons. The van der Waals surface area contributed by atoms with Crippen molar-refractivity contribution < 1.29 is 18.3 Å². The summed E-state index contributed by atoms with van der Waals surface area (Å²) in [6.45, 7) is 6.00. The van der Waals surface area contributed by atoms with Crippen LogP contribution in [-0.2, 0) is 11.3 Å². The highest BCUT2D eigenvalue weighted by atomic mass is 19.1. The predicted molar refractivity (Wildman–Crippen MR) is 99.3 cm³/mol. The fourth-order valence-corrected chi connectivity index (χ4v) is 3.38. The Hall–Kier alpha value is -2.47. The van der Waals surface area contributed by atoms with Gasteiger partial charge in [0.2, 0.25) is 0 Å². The molecule has 0 aliphatic carbocycles. The molecular formula is C21H24F2N2O2. The second-order valence-electron chi connectivity index (χ2n) is 7.05. The summed E-state index contributed by atoms with van der Waals surface area (Å²) in [5, 5.41) is 0. The third-order valence-electron chi connectivity index (χ3n) is 4.89. The molecule has 6 heteroatoms. The van der Waals surface area contributed by atoms with Crippen LogP contribution in [0.4, 0.5) is 8.78 Å². The molecule has 0 spiro atoms. The molecule has 2 aromatic rings. The van der Waals surface area contributed by atoms with E-state index < -0.39 is 5.82 Å². The van der Waals surface area contributed by atoms with Crippen molar-refractivity contribution in [3.63, 3.8) is 0 Å². The fourth-order valence-electron chi connectivity index (χ4n) is 3.38. The summed E-state index contributed by atoms with van der Waals surface area (Å²) in [5.74, 6) is -0.399. The van der Waals surface area contributed by atoms with Gasteiger partial charge in [-0.1, -0.05) is 18.2 Å². The molecule has 0 aromatic heterocycles. The molecule has 1 aliphatic heterocycles. The molecular weight excluding hydrogens is 350 g/mol. The van der Waals surface area contributed by atoms with Gasteiger partial charge in [-0.2, -0.15) is 0 Å². The second-order valence-corrected chi connectivity index (χ2v) is 7.05. The van der Waals surface area contributed by atoms with E-state index in [4.69, 9.17) is 4.74 Å². The lowest BCUT2D eigenvalue weighted by Gasteiger charge is -2.44. The van der Waals surface area contributed by atoms with Crippen LogP contribution in [0.15, 0.2) is 48.5 Å². The SMILES string of the molecule is CC1CN(C(=O)COc2cccc(F)c2)C(C)CN1Cc1ccc(F)cc1. The van der Waals surface area contributed by atoms with E-state index in [1.807, 2.05) is 11.8 Å². The van der Waals surface area contributed by atoms with Crippen LogP contribution in [0.5, 0.6) is 5.75 Å². The molecule has 1 aliphatic rings. The zero-order valence-corrected chi connectivity index (χ0v) is 15.6. The first-order chi connectivity index (χ1) is 12.9. The number of amides is 1. The van der Waals surface area contributed by atoms with Gasteiger partial charge in [0.05, 0.1) is 0 Å². The van der Waals surface area contributed by atoms with Crippen LogP contribution in [0.1, 0.15) is 19.4 Å². The lowest BCUT2D eigenvalue weighted by molar-refractivity contribution is -0.139. The van der Waals surface area contributed by atoms with Crippen molar-refractivity contribution in [3.05, 3.63) is 65.7 Å². The van der Waals surface area contributed by atoms with Gasteiger partial charge in [-0.25, -0.2) is 8.78 Å². The first kappa shape index (κ1) is 19.3. The van der Waals surface area contributed by atoms with E-state index in [2.05, 4.69) is 11.8 Å². The summed E-state index contributed by atoms with van der Waals surface area (Å²) in [5.41, 5.74) is 1.05. The van der Waals surface area contributed by atoms with Gasteiger partial charge in [0.15, 0.2) is 6.61 Å². The van der Waals surface area contributed by atoms with Crippen LogP contribution in [0.3, 0.4) is 0 Å². The number of benzene rings is 2. The van der Waals surface area contributed by atoms with Gasteiger partial charge in [-0.15, -0.1) is 0 Å². The molecule has 144 valence electrons. The number of carbonyl (C=O) groups excluding carboxylic acids is 1. The molecule has 1 amide bonds. The standard InChI is InChI=1S/C21H24F2N2O2/c1-15-12-25(21(26)14-27-20-5-3-4-19(23)10-20)16(2)11-24(15)13-17-6-8-18(22)9-7-17/h3-10,15-16H,11-14H2,1-2H3. The lowest BCUT2D eigenvalue weighted by atomic mass is 10.1. The summed E-state index contributed by atoms with van der Waals surface area (Å²) in [4.78, 5) is 16.7. The molecule has 0 N–H and O–H groups in total. The quantitative estimate of drug-likeness (QED) is 0.804. The summed E-state index contributed by atoms with van der Waals surface area (Å²) >= 11 is 0. The Morgan fingerprint density at radius 3 is 2.48 bits per heavy atom. The smallest absolute Gasteiger partial charge is 0.260 e. The van der Waals surface area contributed by atoms with E-state index in [1.165, 1.54) is 24.3 Å². The minimum atomic E-state index is -0.392. The Kier molecular flexibility index (Phi) is 6.06. The van der Waals surface area contributed by atoms with Crippen molar-refractivity contribution in [2.24, 2.45) is 0 Å².